The van der Waals surface area contributed by atoms with Gasteiger partial charge in [0.15, 0.2) is 6.29 Å². The number of para-hydroxylation sites is 1. The highest BCUT2D eigenvalue weighted by Crippen LogP contribution is 2.22. The van der Waals surface area contributed by atoms with Gasteiger partial charge in [-0.25, -0.2) is 0 Å². The first-order chi connectivity index (χ1) is 9.10. The molecule has 0 aliphatic carbocycles. The van der Waals surface area contributed by atoms with Crippen LogP contribution >= 0.6 is 0 Å². The third-order valence-electron chi connectivity index (χ3n) is 2.30. The fourth-order valence-corrected chi connectivity index (χ4v) is 2.76. The van der Waals surface area contributed by atoms with Crippen LogP contribution in [0.3, 0.4) is 0 Å². The number of rotatable bonds is 8. The van der Waals surface area contributed by atoms with Crippen molar-refractivity contribution in [1.29, 1.82) is 0 Å². The number of nitro benzene ring substituents is 1. The fraction of sp³-hybridized carbons (Fsp3) is 0.500. The molecule has 0 radical (unpaired) electrons. The summed E-state index contributed by atoms with van der Waals surface area (Å²) in [7, 11) is -1.54. The van der Waals surface area contributed by atoms with Crippen molar-refractivity contribution in [2.24, 2.45) is 0 Å². The van der Waals surface area contributed by atoms with Crippen LogP contribution < -0.4 is 0 Å². The monoisotopic (exact) mass is 287 g/mol. The van der Waals surface area contributed by atoms with E-state index in [1.807, 2.05) is 0 Å². The van der Waals surface area contributed by atoms with Crippen molar-refractivity contribution in [2.75, 3.05) is 19.0 Å². The van der Waals surface area contributed by atoms with Crippen molar-refractivity contribution in [2.45, 2.75) is 25.0 Å². The lowest BCUT2D eigenvalue weighted by atomic mass is 10.3. The van der Waals surface area contributed by atoms with Gasteiger partial charge in [-0.2, -0.15) is 0 Å². The Balaban J connectivity index is 2.85. The van der Waals surface area contributed by atoms with E-state index in [9.17, 15) is 14.3 Å². The van der Waals surface area contributed by atoms with Gasteiger partial charge in [-0.05, 0) is 19.9 Å². The molecule has 0 aromatic heterocycles. The summed E-state index contributed by atoms with van der Waals surface area (Å²) in [4.78, 5) is 10.5. The minimum atomic E-state index is -1.54. The van der Waals surface area contributed by atoms with Gasteiger partial charge in [0.2, 0.25) is 0 Å². The van der Waals surface area contributed by atoms with Gasteiger partial charge in [0, 0.05) is 19.3 Å². The first-order valence-corrected chi connectivity index (χ1v) is 7.27. The summed E-state index contributed by atoms with van der Waals surface area (Å²) in [6.07, 6.45) is -0.615. The van der Waals surface area contributed by atoms with Gasteiger partial charge < -0.3 is 9.47 Å². The second-order valence-corrected chi connectivity index (χ2v) is 5.04. The first kappa shape index (κ1) is 15.7. The number of hydrogen-bond donors (Lipinski definition) is 0. The maximum atomic E-state index is 12.2. The molecule has 0 aliphatic heterocycles. The Morgan fingerprint density at radius 2 is 1.84 bits per heavy atom. The van der Waals surface area contributed by atoms with Gasteiger partial charge >= 0.3 is 0 Å². The van der Waals surface area contributed by atoms with Crippen molar-refractivity contribution in [3.8, 4) is 0 Å². The lowest BCUT2D eigenvalue weighted by molar-refractivity contribution is -0.387. The average molecular weight is 287 g/mol. The Morgan fingerprint density at radius 3 is 2.37 bits per heavy atom. The standard InChI is InChI=1S/C12H17NO5S/c1-3-17-12(18-4-2)9-19(16)11-8-6-5-7-10(11)13(14)15/h5-8,12H,3-4,9H2,1-2H3. The number of nitro groups is 1. The molecule has 0 heterocycles. The van der Waals surface area contributed by atoms with Crippen LogP contribution in [0.5, 0.6) is 0 Å². The molecule has 0 spiro atoms. The average Bonchev–Trinajstić information content (AvgIpc) is 2.39. The van der Waals surface area contributed by atoms with Crippen LogP contribution in [0.15, 0.2) is 29.2 Å². The Hall–Kier alpha value is -1.31. The van der Waals surface area contributed by atoms with Crippen molar-refractivity contribution >= 4 is 16.5 Å². The predicted molar refractivity (Wildman–Crippen MR) is 71.4 cm³/mol. The molecular formula is C12H17NO5S. The normalized spacial score (nSPS) is 12.6. The Kier molecular flexibility index (Phi) is 6.61. The molecule has 0 saturated carbocycles. The van der Waals surface area contributed by atoms with Crippen LogP contribution in [0, 0.1) is 10.1 Å². The van der Waals surface area contributed by atoms with E-state index in [0.29, 0.717) is 13.2 Å². The second kappa shape index (κ2) is 7.98. The Morgan fingerprint density at radius 1 is 1.26 bits per heavy atom. The Labute approximate surface area is 114 Å². The molecule has 1 aromatic rings. The minimum Gasteiger partial charge on any atom is -0.352 e. The molecular weight excluding hydrogens is 270 g/mol. The SMILES string of the molecule is CCOC(CS(=O)c1ccccc1[N+](=O)[O-])OCC. The number of nitrogens with zero attached hydrogens (tertiary/aromatic N) is 1. The van der Waals surface area contributed by atoms with E-state index in [4.69, 9.17) is 9.47 Å². The van der Waals surface area contributed by atoms with Crippen LogP contribution in [-0.2, 0) is 20.3 Å². The maximum Gasteiger partial charge on any atom is 0.285 e. The molecule has 6 nitrogen and oxygen atoms in total. The molecule has 1 aromatic carbocycles. The van der Waals surface area contributed by atoms with Crippen LogP contribution in [0.1, 0.15) is 13.8 Å². The number of benzene rings is 1. The molecule has 0 saturated heterocycles. The summed E-state index contributed by atoms with van der Waals surface area (Å²) in [5.74, 6) is 0.0759. The first-order valence-electron chi connectivity index (χ1n) is 5.95. The summed E-state index contributed by atoms with van der Waals surface area (Å²) in [5.41, 5.74) is -0.146. The topological polar surface area (TPSA) is 78.7 Å². The largest absolute Gasteiger partial charge is 0.352 e. The molecule has 0 bridgehead atoms. The zero-order valence-corrected chi connectivity index (χ0v) is 11.7. The number of ether oxygens (including phenoxy) is 2. The van der Waals surface area contributed by atoms with Crippen molar-refractivity contribution in [3.63, 3.8) is 0 Å². The van der Waals surface area contributed by atoms with Crippen LogP contribution in [0.25, 0.3) is 0 Å². The highest BCUT2D eigenvalue weighted by Gasteiger charge is 2.21. The van der Waals surface area contributed by atoms with Crippen molar-refractivity contribution < 1.29 is 18.6 Å². The van der Waals surface area contributed by atoms with Crippen LogP contribution in [-0.4, -0.2) is 34.4 Å². The van der Waals surface area contributed by atoms with Crippen molar-refractivity contribution in [1.82, 2.24) is 0 Å². The summed E-state index contributed by atoms with van der Waals surface area (Å²) < 4.78 is 22.8. The van der Waals surface area contributed by atoms with E-state index < -0.39 is 22.0 Å². The molecule has 0 amide bonds. The van der Waals surface area contributed by atoms with Crippen LogP contribution in [0.2, 0.25) is 0 Å². The summed E-state index contributed by atoms with van der Waals surface area (Å²) in [6.45, 7) is 4.47. The van der Waals surface area contributed by atoms with Crippen LogP contribution in [0.4, 0.5) is 5.69 Å². The zero-order chi connectivity index (χ0) is 14.3. The second-order valence-electron chi connectivity index (χ2n) is 3.58. The zero-order valence-electron chi connectivity index (χ0n) is 10.9. The van der Waals surface area contributed by atoms with E-state index in [0.717, 1.165) is 0 Å². The van der Waals surface area contributed by atoms with E-state index >= 15 is 0 Å². The molecule has 19 heavy (non-hydrogen) atoms. The molecule has 0 N–H and O–H groups in total. The molecule has 1 unspecified atom stereocenters. The minimum absolute atomic E-state index is 0.0759. The highest BCUT2D eigenvalue weighted by molar-refractivity contribution is 7.85. The third kappa shape index (κ3) is 4.70. The lowest BCUT2D eigenvalue weighted by Crippen LogP contribution is -2.24. The van der Waals surface area contributed by atoms with E-state index in [-0.39, 0.29) is 16.3 Å². The highest BCUT2D eigenvalue weighted by atomic mass is 32.2. The molecule has 106 valence electrons. The van der Waals surface area contributed by atoms with E-state index in [1.165, 1.54) is 12.1 Å². The molecule has 1 rings (SSSR count). The van der Waals surface area contributed by atoms with Gasteiger partial charge in [0.25, 0.3) is 5.69 Å². The smallest absolute Gasteiger partial charge is 0.285 e. The summed E-state index contributed by atoms with van der Waals surface area (Å²) in [6, 6.07) is 5.99. The molecule has 7 heteroatoms. The van der Waals surface area contributed by atoms with Gasteiger partial charge in [-0.1, -0.05) is 12.1 Å². The summed E-state index contributed by atoms with van der Waals surface area (Å²) >= 11 is 0. The summed E-state index contributed by atoms with van der Waals surface area (Å²) in [5, 5.41) is 10.9. The number of hydrogen-bond acceptors (Lipinski definition) is 5. The van der Waals surface area contributed by atoms with Crippen molar-refractivity contribution in [3.05, 3.63) is 34.4 Å². The van der Waals surface area contributed by atoms with Gasteiger partial charge in [-0.3, -0.25) is 14.3 Å². The van der Waals surface area contributed by atoms with Gasteiger partial charge in [-0.15, -0.1) is 0 Å². The predicted octanol–water partition coefficient (Wildman–Crippen LogP) is 2.10. The maximum absolute atomic E-state index is 12.2. The third-order valence-corrected chi connectivity index (χ3v) is 3.71. The molecule has 0 aliphatic rings. The van der Waals surface area contributed by atoms with Gasteiger partial charge in [0.05, 0.1) is 21.5 Å². The van der Waals surface area contributed by atoms with Gasteiger partial charge in [0.1, 0.15) is 4.90 Å². The molecule has 0 fully saturated rings. The quantitative estimate of drug-likeness (QED) is 0.415. The van der Waals surface area contributed by atoms with E-state index in [1.54, 1.807) is 26.0 Å². The molecule has 1 atom stereocenters. The fourth-order valence-electron chi connectivity index (χ4n) is 1.53. The van der Waals surface area contributed by atoms with E-state index in [2.05, 4.69) is 0 Å². The lowest BCUT2D eigenvalue weighted by Gasteiger charge is -2.16. The Bertz CT molecular complexity index is 446.